The van der Waals surface area contributed by atoms with Crippen molar-refractivity contribution in [2.45, 2.75) is 4.90 Å². The van der Waals surface area contributed by atoms with Crippen molar-refractivity contribution in [3.8, 4) is 5.75 Å². The molecule has 33 heavy (non-hydrogen) atoms. The normalized spacial score (nSPS) is 11.2. The number of hydrogen-bond acceptors (Lipinski definition) is 5. The molecule has 0 saturated heterocycles. The van der Waals surface area contributed by atoms with E-state index >= 15 is 0 Å². The van der Waals surface area contributed by atoms with Gasteiger partial charge in [-0.15, -0.1) is 0 Å². The van der Waals surface area contributed by atoms with E-state index in [-0.39, 0.29) is 16.1 Å². The average Bonchev–Trinajstić information content (AvgIpc) is 2.79. The molecule has 1 amide bonds. The molecule has 3 rings (SSSR count). The van der Waals surface area contributed by atoms with E-state index in [1.54, 1.807) is 30.3 Å². The van der Waals surface area contributed by atoms with Gasteiger partial charge in [-0.3, -0.25) is 9.52 Å². The number of nitrogens with zero attached hydrogens (tertiary/aromatic N) is 1. The lowest BCUT2D eigenvalue weighted by atomic mass is 10.2. The zero-order valence-electron chi connectivity index (χ0n) is 17.2. The summed E-state index contributed by atoms with van der Waals surface area (Å²) < 4.78 is 34.2. The van der Waals surface area contributed by atoms with Gasteiger partial charge in [0.2, 0.25) is 0 Å². The van der Waals surface area contributed by atoms with Gasteiger partial charge in [-0.25, -0.2) is 13.8 Å². The number of hydrogen-bond donors (Lipinski definition) is 2. The van der Waals surface area contributed by atoms with Crippen LogP contribution in [-0.2, 0) is 10.0 Å². The van der Waals surface area contributed by atoms with Gasteiger partial charge in [0.25, 0.3) is 15.9 Å². The molecule has 0 bridgehead atoms. The van der Waals surface area contributed by atoms with Crippen molar-refractivity contribution >= 4 is 55.4 Å². The minimum absolute atomic E-state index is 0.0156. The Labute approximate surface area is 205 Å². The second kappa shape index (κ2) is 11.1. The van der Waals surface area contributed by atoms with E-state index in [9.17, 15) is 13.2 Å². The fraction of sp³-hybridized carbons (Fsp3) is 0.0435. The summed E-state index contributed by atoms with van der Waals surface area (Å²) in [4.78, 5) is 12.7. The lowest BCUT2D eigenvalue weighted by Crippen LogP contribution is -2.21. The number of para-hydroxylation sites is 1. The van der Waals surface area contributed by atoms with Gasteiger partial charge in [0, 0.05) is 15.1 Å². The molecule has 0 aliphatic heterocycles. The zero-order valence-corrected chi connectivity index (χ0v) is 20.3. The molecular formula is C23H19BrClN3O4S. The van der Waals surface area contributed by atoms with Gasteiger partial charge in [0.1, 0.15) is 12.4 Å². The maximum Gasteiger partial charge on any atom is 0.273 e. The summed E-state index contributed by atoms with van der Waals surface area (Å²) in [6.07, 6.45) is 3.05. The molecule has 0 aliphatic rings. The summed E-state index contributed by atoms with van der Waals surface area (Å²) in [5, 5.41) is 4.40. The quantitative estimate of drug-likeness (QED) is 0.217. The first kappa shape index (κ1) is 24.5. The predicted molar refractivity (Wildman–Crippen MR) is 134 cm³/mol. The van der Waals surface area contributed by atoms with Gasteiger partial charge < -0.3 is 4.74 Å². The van der Waals surface area contributed by atoms with Crippen LogP contribution in [0.5, 0.6) is 5.75 Å². The second-order valence-electron chi connectivity index (χ2n) is 6.59. The lowest BCUT2D eigenvalue weighted by Gasteiger charge is -2.12. The van der Waals surface area contributed by atoms with Crippen LogP contribution in [0.25, 0.3) is 0 Å². The number of hydrazone groups is 1. The zero-order chi connectivity index (χ0) is 23.8. The fourth-order valence-electron chi connectivity index (χ4n) is 2.71. The maximum absolute atomic E-state index is 12.7. The van der Waals surface area contributed by atoms with E-state index in [1.807, 2.05) is 6.07 Å². The number of nitrogens with one attached hydrogen (secondary N) is 2. The Kier molecular flexibility index (Phi) is 8.26. The topological polar surface area (TPSA) is 96.9 Å². The first-order valence-corrected chi connectivity index (χ1v) is 12.2. The van der Waals surface area contributed by atoms with Crippen LogP contribution in [0.4, 0.5) is 5.69 Å². The molecule has 0 spiro atoms. The Morgan fingerprint density at radius 1 is 1.12 bits per heavy atom. The Morgan fingerprint density at radius 2 is 1.85 bits per heavy atom. The highest BCUT2D eigenvalue weighted by atomic mass is 79.9. The molecule has 0 aliphatic carbocycles. The molecule has 7 nitrogen and oxygen atoms in total. The average molecular weight is 549 g/mol. The van der Waals surface area contributed by atoms with Gasteiger partial charge in [0.15, 0.2) is 0 Å². The van der Waals surface area contributed by atoms with Gasteiger partial charge >= 0.3 is 0 Å². The molecule has 0 heterocycles. The minimum Gasteiger partial charge on any atom is -0.489 e. The van der Waals surface area contributed by atoms with Crippen LogP contribution in [0.2, 0.25) is 5.02 Å². The third kappa shape index (κ3) is 6.67. The van der Waals surface area contributed by atoms with Crippen LogP contribution < -0.4 is 14.9 Å². The second-order valence-corrected chi connectivity index (χ2v) is 9.62. The van der Waals surface area contributed by atoms with Crippen LogP contribution in [-0.4, -0.2) is 27.1 Å². The van der Waals surface area contributed by atoms with Crippen LogP contribution in [0, 0.1) is 0 Å². The number of rotatable bonds is 9. The monoisotopic (exact) mass is 547 g/mol. The molecule has 0 fully saturated rings. The van der Waals surface area contributed by atoms with Crippen molar-refractivity contribution in [2.24, 2.45) is 5.10 Å². The van der Waals surface area contributed by atoms with Crippen molar-refractivity contribution in [1.82, 2.24) is 5.43 Å². The minimum atomic E-state index is -3.93. The number of anilines is 1. The van der Waals surface area contributed by atoms with Gasteiger partial charge in [-0.05, 0) is 54.6 Å². The number of amides is 1. The van der Waals surface area contributed by atoms with Crippen molar-refractivity contribution in [1.29, 1.82) is 0 Å². The highest BCUT2D eigenvalue weighted by Crippen LogP contribution is 2.23. The lowest BCUT2D eigenvalue weighted by molar-refractivity contribution is 0.0956. The summed E-state index contributed by atoms with van der Waals surface area (Å²) in [5.74, 6) is -0.0311. The first-order chi connectivity index (χ1) is 15.8. The summed E-state index contributed by atoms with van der Waals surface area (Å²) in [5.41, 5.74) is 3.25. The number of benzene rings is 3. The Bertz CT molecular complexity index is 1300. The third-order valence-electron chi connectivity index (χ3n) is 4.24. The fourth-order valence-corrected chi connectivity index (χ4v) is 4.29. The van der Waals surface area contributed by atoms with Crippen molar-refractivity contribution in [3.05, 3.63) is 100 Å². The van der Waals surface area contributed by atoms with Gasteiger partial charge in [0.05, 0.1) is 22.4 Å². The van der Waals surface area contributed by atoms with Gasteiger partial charge in [-0.1, -0.05) is 52.3 Å². The van der Waals surface area contributed by atoms with E-state index in [0.29, 0.717) is 22.9 Å². The summed E-state index contributed by atoms with van der Waals surface area (Å²) >= 11 is 9.21. The number of carbonyl (C=O) groups is 1. The van der Waals surface area contributed by atoms with E-state index in [4.69, 9.17) is 16.3 Å². The largest absolute Gasteiger partial charge is 0.489 e. The van der Waals surface area contributed by atoms with Crippen LogP contribution >= 0.6 is 27.5 Å². The van der Waals surface area contributed by atoms with E-state index in [2.05, 4.69) is 37.8 Å². The Morgan fingerprint density at radius 3 is 2.58 bits per heavy atom. The summed E-state index contributed by atoms with van der Waals surface area (Å²) in [6.45, 7) is 3.93. The van der Waals surface area contributed by atoms with Crippen LogP contribution in [0.15, 0.2) is 93.9 Å². The van der Waals surface area contributed by atoms with Crippen LogP contribution in [0.3, 0.4) is 0 Å². The molecule has 170 valence electrons. The number of carbonyl (C=O) groups excluding carboxylic acids is 1. The molecule has 3 aromatic rings. The Hall–Kier alpha value is -3.14. The maximum atomic E-state index is 12.7. The number of ether oxygens (including phenoxy) is 1. The van der Waals surface area contributed by atoms with Crippen LogP contribution in [0.1, 0.15) is 15.9 Å². The smallest absolute Gasteiger partial charge is 0.273 e. The third-order valence-corrected chi connectivity index (χ3v) is 6.36. The number of halogens is 2. The highest BCUT2D eigenvalue weighted by Gasteiger charge is 2.18. The number of sulfonamides is 1. The SMILES string of the molecule is C=CCOc1ccc(Br)cc1/C=N\NC(=O)c1ccccc1NS(=O)(=O)c1ccc(Cl)cc1. The highest BCUT2D eigenvalue weighted by molar-refractivity contribution is 9.10. The van der Waals surface area contributed by atoms with E-state index in [1.165, 1.54) is 42.6 Å². The summed E-state index contributed by atoms with van der Waals surface area (Å²) in [7, 11) is -3.93. The molecule has 0 saturated carbocycles. The van der Waals surface area contributed by atoms with Crippen molar-refractivity contribution in [2.75, 3.05) is 11.3 Å². The predicted octanol–water partition coefficient (Wildman–Crippen LogP) is 5.23. The molecule has 0 aromatic heterocycles. The van der Waals surface area contributed by atoms with E-state index in [0.717, 1.165) is 4.47 Å². The Balaban J connectivity index is 1.78. The van der Waals surface area contributed by atoms with Crippen molar-refractivity contribution in [3.63, 3.8) is 0 Å². The molecular weight excluding hydrogens is 530 g/mol. The molecule has 0 atom stereocenters. The van der Waals surface area contributed by atoms with Gasteiger partial charge in [-0.2, -0.15) is 5.10 Å². The van der Waals surface area contributed by atoms with E-state index < -0.39 is 15.9 Å². The summed E-state index contributed by atoms with van der Waals surface area (Å²) in [6, 6.07) is 17.3. The first-order valence-electron chi connectivity index (χ1n) is 9.54. The molecule has 0 unspecified atom stereocenters. The molecule has 0 radical (unpaired) electrons. The molecule has 3 aromatic carbocycles. The molecule has 10 heteroatoms. The van der Waals surface area contributed by atoms with Crippen molar-refractivity contribution < 1.29 is 17.9 Å². The molecule has 2 N–H and O–H groups in total. The standard InChI is InChI=1S/C23H19BrClN3O4S/c1-2-13-32-22-12-7-17(24)14-16(22)15-26-27-23(29)20-5-3-4-6-21(20)28-33(30,31)19-10-8-18(25)9-11-19/h2-12,14-15,28H,1,13H2,(H,27,29)/b26-15-.